The third-order valence-electron chi connectivity index (χ3n) is 3.48. The third-order valence-corrected chi connectivity index (χ3v) is 4.84. The lowest BCUT2D eigenvalue weighted by Crippen LogP contribution is -2.43. The zero-order chi connectivity index (χ0) is 14.2. The molecule has 2 rings (SSSR count). The lowest BCUT2D eigenvalue weighted by Gasteiger charge is -2.34. The Balaban J connectivity index is 2.19. The first-order chi connectivity index (χ1) is 8.80. The third kappa shape index (κ3) is 3.08. The van der Waals surface area contributed by atoms with Crippen LogP contribution in [0, 0.1) is 5.92 Å². The Morgan fingerprint density at radius 2 is 2.16 bits per heavy atom. The number of carbonyl (C=O) groups excluding carboxylic acids is 1. The van der Waals surface area contributed by atoms with Gasteiger partial charge in [0.1, 0.15) is 4.88 Å². The summed E-state index contributed by atoms with van der Waals surface area (Å²) in [4.78, 5) is 15.2. The summed E-state index contributed by atoms with van der Waals surface area (Å²) in [5.74, 6) is 0.383. The normalized spacial score (nSPS) is 24.6. The van der Waals surface area contributed by atoms with Crippen molar-refractivity contribution in [3.63, 3.8) is 0 Å². The largest absolute Gasteiger partial charge is 0.337 e. The van der Waals surface area contributed by atoms with Crippen LogP contribution in [0.3, 0.4) is 0 Å². The summed E-state index contributed by atoms with van der Waals surface area (Å²) < 4.78 is 3.96. The number of nitrogens with zero attached hydrogens (tertiary/aromatic N) is 3. The van der Waals surface area contributed by atoms with E-state index in [2.05, 4.69) is 16.5 Å². The maximum Gasteiger partial charge on any atom is 0.267 e. The molecule has 1 amide bonds. The number of aromatic nitrogens is 2. The molecule has 2 atom stereocenters. The van der Waals surface area contributed by atoms with E-state index >= 15 is 0 Å². The summed E-state index contributed by atoms with van der Waals surface area (Å²) in [5, 5.41) is 4.30. The standard InChI is InChI=1S/C13H20ClN3OS/c1-8-7-17(6-5-9(8)14)12(18)10-11(13(2,3)4)15-16-19-10/h8-9H,5-7H2,1-4H3. The molecule has 1 aromatic heterocycles. The predicted octanol–water partition coefficient (Wildman–Crippen LogP) is 2.93. The minimum atomic E-state index is -0.158. The number of rotatable bonds is 1. The maximum absolute atomic E-state index is 12.6. The SMILES string of the molecule is CC1CN(C(=O)c2snnc2C(C)(C)C)CCC1Cl. The van der Waals surface area contributed by atoms with Crippen LogP contribution in [0.15, 0.2) is 0 Å². The van der Waals surface area contributed by atoms with Gasteiger partial charge in [0.15, 0.2) is 0 Å². The number of likely N-dealkylation sites (tertiary alicyclic amines) is 1. The second kappa shape index (κ2) is 5.37. The minimum absolute atomic E-state index is 0.0512. The highest BCUT2D eigenvalue weighted by Gasteiger charge is 2.32. The molecule has 4 nitrogen and oxygen atoms in total. The molecule has 1 aromatic rings. The van der Waals surface area contributed by atoms with E-state index in [0.29, 0.717) is 17.3 Å². The minimum Gasteiger partial charge on any atom is -0.337 e. The Bertz CT molecular complexity index is 469. The summed E-state index contributed by atoms with van der Waals surface area (Å²) in [7, 11) is 0. The van der Waals surface area contributed by atoms with Crippen molar-refractivity contribution in [1.29, 1.82) is 0 Å². The van der Waals surface area contributed by atoms with Crippen molar-refractivity contribution < 1.29 is 4.79 Å². The summed E-state index contributed by atoms with van der Waals surface area (Å²) in [6.45, 7) is 9.68. The van der Waals surface area contributed by atoms with Gasteiger partial charge in [-0.2, -0.15) is 0 Å². The van der Waals surface area contributed by atoms with E-state index in [4.69, 9.17) is 11.6 Å². The second-order valence-corrected chi connectivity index (χ2v) is 7.55. The van der Waals surface area contributed by atoms with Crippen molar-refractivity contribution in [3.05, 3.63) is 10.6 Å². The van der Waals surface area contributed by atoms with Gasteiger partial charge < -0.3 is 4.90 Å². The van der Waals surface area contributed by atoms with Gasteiger partial charge in [-0.25, -0.2) is 0 Å². The van der Waals surface area contributed by atoms with Gasteiger partial charge in [0.25, 0.3) is 5.91 Å². The van der Waals surface area contributed by atoms with Crippen LogP contribution < -0.4 is 0 Å². The average Bonchev–Trinajstić information content (AvgIpc) is 2.80. The predicted molar refractivity (Wildman–Crippen MR) is 77.9 cm³/mol. The fourth-order valence-corrected chi connectivity index (χ4v) is 3.29. The maximum atomic E-state index is 12.6. The number of hydrogen-bond acceptors (Lipinski definition) is 4. The molecule has 106 valence electrons. The second-order valence-electron chi connectivity index (χ2n) is 6.23. The van der Waals surface area contributed by atoms with Gasteiger partial charge in [-0.15, -0.1) is 16.7 Å². The highest BCUT2D eigenvalue weighted by atomic mass is 35.5. The Morgan fingerprint density at radius 3 is 2.74 bits per heavy atom. The summed E-state index contributed by atoms with van der Waals surface area (Å²) in [6.07, 6.45) is 0.853. The quantitative estimate of drug-likeness (QED) is 0.749. The van der Waals surface area contributed by atoms with E-state index in [9.17, 15) is 4.79 Å². The molecular formula is C13H20ClN3OS. The number of carbonyl (C=O) groups is 1. The van der Waals surface area contributed by atoms with Gasteiger partial charge >= 0.3 is 0 Å². The number of halogens is 1. The first-order valence-electron chi connectivity index (χ1n) is 6.57. The molecule has 19 heavy (non-hydrogen) atoms. The van der Waals surface area contributed by atoms with Crippen LogP contribution in [-0.4, -0.2) is 38.9 Å². The molecule has 1 aliphatic heterocycles. The number of piperidine rings is 1. The van der Waals surface area contributed by atoms with Crippen LogP contribution in [0.4, 0.5) is 0 Å². The van der Waals surface area contributed by atoms with Gasteiger partial charge in [0.2, 0.25) is 0 Å². The molecular weight excluding hydrogens is 282 g/mol. The highest BCUT2D eigenvalue weighted by Crippen LogP contribution is 2.29. The van der Waals surface area contributed by atoms with Crippen molar-refractivity contribution in [1.82, 2.24) is 14.5 Å². The molecule has 0 bridgehead atoms. The van der Waals surface area contributed by atoms with E-state index in [1.807, 2.05) is 25.7 Å². The number of amides is 1. The van der Waals surface area contributed by atoms with E-state index in [0.717, 1.165) is 18.7 Å². The Labute approximate surface area is 123 Å². The van der Waals surface area contributed by atoms with Gasteiger partial charge in [-0.3, -0.25) is 4.79 Å². The zero-order valence-corrected chi connectivity index (χ0v) is 13.4. The molecule has 1 fully saturated rings. The van der Waals surface area contributed by atoms with Crippen molar-refractivity contribution in [2.75, 3.05) is 13.1 Å². The molecule has 6 heteroatoms. The molecule has 0 aliphatic carbocycles. The molecule has 0 aromatic carbocycles. The van der Waals surface area contributed by atoms with Gasteiger partial charge in [-0.1, -0.05) is 32.2 Å². The van der Waals surface area contributed by atoms with Gasteiger partial charge in [0, 0.05) is 23.9 Å². The zero-order valence-electron chi connectivity index (χ0n) is 11.8. The molecule has 0 N–H and O–H groups in total. The Hall–Kier alpha value is -0.680. The number of hydrogen-bond donors (Lipinski definition) is 0. The summed E-state index contributed by atoms with van der Waals surface area (Å²) in [6, 6.07) is 0. The molecule has 0 saturated carbocycles. The van der Waals surface area contributed by atoms with Crippen molar-refractivity contribution in [3.8, 4) is 0 Å². The van der Waals surface area contributed by atoms with E-state index in [1.54, 1.807) is 0 Å². The lowest BCUT2D eigenvalue weighted by atomic mass is 9.91. The smallest absolute Gasteiger partial charge is 0.267 e. The topological polar surface area (TPSA) is 46.1 Å². The molecule has 2 unspecified atom stereocenters. The molecule has 1 saturated heterocycles. The number of alkyl halides is 1. The molecule has 0 spiro atoms. The Kier molecular flexibility index (Phi) is 4.16. The fourth-order valence-electron chi connectivity index (χ4n) is 2.27. The van der Waals surface area contributed by atoms with Crippen LogP contribution in [0.1, 0.15) is 49.5 Å². The van der Waals surface area contributed by atoms with E-state index in [1.165, 1.54) is 11.5 Å². The lowest BCUT2D eigenvalue weighted by molar-refractivity contribution is 0.0689. The Morgan fingerprint density at radius 1 is 1.47 bits per heavy atom. The molecule has 1 aliphatic rings. The van der Waals surface area contributed by atoms with Crippen molar-refractivity contribution >= 4 is 29.0 Å². The van der Waals surface area contributed by atoms with Gasteiger partial charge in [-0.05, 0) is 23.9 Å². The van der Waals surface area contributed by atoms with Crippen LogP contribution in [0.25, 0.3) is 0 Å². The summed E-state index contributed by atoms with van der Waals surface area (Å²) >= 11 is 7.40. The van der Waals surface area contributed by atoms with Crippen LogP contribution in [-0.2, 0) is 5.41 Å². The summed E-state index contributed by atoms with van der Waals surface area (Å²) in [5.41, 5.74) is 0.636. The van der Waals surface area contributed by atoms with Gasteiger partial charge in [0.05, 0.1) is 5.69 Å². The van der Waals surface area contributed by atoms with Crippen LogP contribution in [0.2, 0.25) is 0 Å². The fraction of sp³-hybridized carbons (Fsp3) is 0.769. The first kappa shape index (κ1) is 14.7. The van der Waals surface area contributed by atoms with Crippen molar-refractivity contribution in [2.24, 2.45) is 5.92 Å². The van der Waals surface area contributed by atoms with E-state index in [-0.39, 0.29) is 16.7 Å². The monoisotopic (exact) mass is 301 g/mol. The molecule has 2 heterocycles. The van der Waals surface area contributed by atoms with Crippen LogP contribution >= 0.6 is 23.1 Å². The first-order valence-corrected chi connectivity index (χ1v) is 7.78. The average molecular weight is 302 g/mol. The van der Waals surface area contributed by atoms with Crippen LogP contribution in [0.5, 0.6) is 0 Å². The van der Waals surface area contributed by atoms with E-state index < -0.39 is 0 Å². The van der Waals surface area contributed by atoms with Crippen molar-refractivity contribution in [2.45, 2.75) is 44.9 Å². The highest BCUT2D eigenvalue weighted by molar-refractivity contribution is 7.08. The molecule has 0 radical (unpaired) electrons.